The number of hydrogen-bond acceptors (Lipinski definition) is 4. The highest BCUT2D eigenvalue weighted by atomic mass is 19.3. The lowest BCUT2D eigenvalue weighted by Gasteiger charge is -2.33. The average Bonchev–Trinajstić information content (AvgIpc) is 2.75. The summed E-state index contributed by atoms with van der Waals surface area (Å²) in [6, 6.07) is 3.98. The molecule has 7 heteroatoms. The molecule has 0 saturated carbocycles. The van der Waals surface area contributed by atoms with Gasteiger partial charge < -0.3 is 14.8 Å². The fourth-order valence-corrected chi connectivity index (χ4v) is 2.62. The van der Waals surface area contributed by atoms with Gasteiger partial charge in [0.15, 0.2) is 11.5 Å². The van der Waals surface area contributed by atoms with Gasteiger partial charge in [-0.2, -0.15) is 0 Å². The van der Waals surface area contributed by atoms with Crippen molar-refractivity contribution in [1.29, 1.82) is 0 Å². The van der Waals surface area contributed by atoms with Gasteiger partial charge in [0, 0.05) is 31.7 Å². The van der Waals surface area contributed by atoms with Crippen LogP contribution in [0.25, 0.3) is 0 Å². The Morgan fingerprint density at radius 1 is 1.25 bits per heavy atom. The number of rotatable bonds is 3. The average molecular weight is 288 g/mol. The number of fused-ring (bicyclic) bond motifs is 1. The summed E-state index contributed by atoms with van der Waals surface area (Å²) in [6.45, 7) is 2.16. The number of para-hydroxylation sites is 1. The molecule has 4 nitrogen and oxygen atoms in total. The van der Waals surface area contributed by atoms with E-state index < -0.39 is 19.0 Å². The van der Waals surface area contributed by atoms with Gasteiger partial charge in [-0.1, -0.05) is 12.1 Å². The summed E-state index contributed by atoms with van der Waals surface area (Å²) < 4.78 is 48.7. The van der Waals surface area contributed by atoms with Gasteiger partial charge in [-0.25, -0.2) is 4.39 Å². The fraction of sp³-hybridized carbons (Fsp3) is 0.538. The number of piperazine rings is 1. The van der Waals surface area contributed by atoms with Gasteiger partial charge in [0.1, 0.15) is 6.67 Å². The van der Waals surface area contributed by atoms with E-state index in [9.17, 15) is 13.2 Å². The zero-order valence-electron chi connectivity index (χ0n) is 10.7. The van der Waals surface area contributed by atoms with Crippen LogP contribution >= 0.6 is 0 Å². The number of ether oxygens (including phenoxy) is 2. The predicted molar refractivity (Wildman–Crippen MR) is 65.8 cm³/mol. The SMILES string of the molecule is FC[C@H](c1cccc2c1OC(F)(F)O2)N1CCNCC1. The lowest BCUT2D eigenvalue weighted by atomic mass is 10.0. The van der Waals surface area contributed by atoms with E-state index in [1.807, 2.05) is 4.90 Å². The first kappa shape index (κ1) is 13.5. The van der Waals surface area contributed by atoms with Crippen LogP contribution in [-0.2, 0) is 0 Å². The summed E-state index contributed by atoms with van der Waals surface area (Å²) in [5, 5.41) is 3.17. The Morgan fingerprint density at radius 2 is 2.00 bits per heavy atom. The first-order valence-corrected chi connectivity index (χ1v) is 6.50. The van der Waals surface area contributed by atoms with Crippen molar-refractivity contribution in [2.24, 2.45) is 0 Å². The predicted octanol–water partition coefficient (Wildman–Crippen LogP) is 1.92. The van der Waals surface area contributed by atoms with Crippen LogP contribution in [-0.4, -0.2) is 44.0 Å². The van der Waals surface area contributed by atoms with E-state index in [0.717, 1.165) is 13.1 Å². The quantitative estimate of drug-likeness (QED) is 0.921. The Hall–Kier alpha value is -1.47. The van der Waals surface area contributed by atoms with Crippen molar-refractivity contribution >= 4 is 0 Å². The molecule has 1 saturated heterocycles. The van der Waals surface area contributed by atoms with E-state index in [1.54, 1.807) is 12.1 Å². The molecule has 0 amide bonds. The minimum Gasteiger partial charge on any atom is -0.395 e. The van der Waals surface area contributed by atoms with Gasteiger partial charge >= 0.3 is 6.29 Å². The van der Waals surface area contributed by atoms with E-state index in [1.165, 1.54) is 6.07 Å². The second kappa shape index (κ2) is 5.14. The van der Waals surface area contributed by atoms with Gasteiger partial charge in [0.2, 0.25) is 0 Å². The summed E-state index contributed by atoms with van der Waals surface area (Å²) in [5.74, 6) is -0.0974. The standard InChI is InChI=1S/C13H15F3N2O2/c14-8-10(18-6-4-17-5-7-18)9-2-1-3-11-12(9)20-13(15,16)19-11/h1-3,10,17H,4-8H2/t10-/m1/s1. The number of nitrogens with zero attached hydrogens (tertiary/aromatic N) is 1. The summed E-state index contributed by atoms with van der Waals surface area (Å²) in [4.78, 5) is 1.92. The second-order valence-corrected chi connectivity index (χ2v) is 4.80. The first-order valence-electron chi connectivity index (χ1n) is 6.50. The number of halogens is 3. The topological polar surface area (TPSA) is 33.7 Å². The molecule has 0 unspecified atom stereocenters. The normalized spacial score (nSPS) is 22.8. The van der Waals surface area contributed by atoms with E-state index in [2.05, 4.69) is 14.8 Å². The maximum Gasteiger partial charge on any atom is 0.586 e. The van der Waals surface area contributed by atoms with Crippen LogP contribution in [0, 0.1) is 0 Å². The van der Waals surface area contributed by atoms with Crippen molar-refractivity contribution in [1.82, 2.24) is 10.2 Å². The zero-order valence-corrected chi connectivity index (χ0v) is 10.7. The molecule has 0 aliphatic carbocycles. The van der Waals surface area contributed by atoms with E-state index in [0.29, 0.717) is 18.7 Å². The number of hydrogen-bond donors (Lipinski definition) is 1. The molecule has 2 aliphatic heterocycles. The van der Waals surface area contributed by atoms with E-state index in [-0.39, 0.29) is 11.5 Å². The molecule has 1 aromatic rings. The van der Waals surface area contributed by atoms with Crippen LogP contribution < -0.4 is 14.8 Å². The van der Waals surface area contributed by atoms with Crippen LogP contribution in [0.15, 0.2) is 18.2 Å². The molecule has 3 rings (SSSR count). The molecule has 0 radical (unpaired) electrons. The highest BCUT2D eigenvalue weighted by Gasteiger charge is 2.45. The maximum atomic E-state index is 13.4. The van der Waals surface area contributed by atoms with Crippen molar-refractivity contribution in [2.75, 3.05) is 32.9 Å². The molecule has 1 N–H and O–H groups in total. The zero-order chi connectivity index (χ0) is 14.2. The summed E-state index contributed by atoms with van der Waals surface area (Å²) in [7, 11) is 0. The Kier molecular flexibility index (Phi) is 3.47. The second-order valence-electron chi connectivity index (χ2n) is 4.80. The lowest BCUT2D eigenvalue weighted by Crippen LogP contribution is -2.45. The van der Waals surface area contributed by atoms with E-state index in [4.69, 9.17) is 0 Å². The van der Waals surface area contributed by atoms with Crippen LogP contribution in [0.2, 0.25) is 0 Å². The Labute approximate surface area is 114 Å². The van der Waals surface area contributed by atoms with Crippen molar-refractivity contribution < 1.29 is 22.6 Å². The Balaban J connectivity index is 1.91. The van der Waals surface area contributed by atoms with Crippen molar-refractivity contribution in [2.45, 2.75) is 12.3 Å². The molecule has 1 atom stereocenters. The van der Waals surface area contributed by atoms with Crippen LogP contribution in [0.4, 0.5) is 13.2 Å². The third-order valence-corrected chi connectivity index (χ3v) is 3.56. The van der Waals surface area contributed by atoms with Crippen molar-refractivity contribution in [3.63, 3.8) is 0 Å². The van der Waals surface area contributed by atoms with Gasteiger partial charge in [-0.3, -0.25) is 4.90 Å². The fourth-order valence-electron chi connectivity index (χ4n) is 2.62. The summed E-state index contributed by atoms with van der Waals surface area (Å²) in [6.07, 6.45) is -3.68. The minimum absolute atomic E-state index is 0.0407. The Morgan fingerprint density at radius 3 is 2.70 bits per heavy atom. The van der Waals surface area contributed by atoms with E-state index >= 15 is 0 Å². The van der Waals surface area contributed by atoms with Crippen molar-refractivity contribution in [3.8, 4) is 11.5 Å². The highest BCUT2D eigenvalue weighted by molar-refractivity contribution is 5.50. The van der Waals surface area contributed by atoms with Gasteiger partial charge in [-0.05, 0) is 6.07 Å². The third kappa shape index (κ3) is 2.43. The molecule has 110 valence electrons. The smallest absolute Gasteiger partial charge is 0.395 e. The molecule has 2 aliphatic rings. The number of alkyl halides is 3. The number of nitrogens with one attached hydrogen (secondary N) is 1. The molecular weight excluding hydrogens is 273 g/mol. The summed E-state index contributed by atoms with van der Waals surface area (Å²) >= 11 is 0. The highest BCUT2D eigenvalue weighted by Crippen LogP contribution is 2.46. The Bertz CT molecular complexity index is 493. The molecule has 1 fully saturated rings. The van der Waals surface area contributed by atoms with Crippen LogP contribution in [0.3, 0.4) is 0 Å². The van der Waals surface area contributed by atoms with Crippen LogP contribution in [0.1, 0.15) is 11.6 Å². The maximum absolute atomic E-state index is 13.4. The molecular formula is C13H15F3N2O2. The molecule has 1 aromatic carbocycles. The molecule has 0 spiro atoms. The van der Waals surface area contributed by atoms with Crippen LogP contribution in [0.5, 0.6) is 11.5 Å². The van der Waals surface area contributed by atoms with Gasteiger partial charge in [-0.15, -0.1) is 8.78 Å². The van der Waals surface area contributed by atoms with Gasteiger partial charge in [0.25, 0.3) is 0 Å². The molecule has 0 bridgehead atoms. The first-order chi connectivity index (χ1) is 9.61. The molecule has 0 aromatic heterocycles. The summed E-state index contributed by atoms with van der Waals surface area (Å²) in [5.41, 5.74) is 0.407. The molecule has 20 heavy (non-hydrogen) atoms. The van der Waals surface area contributed by atoms with Crippen molar-refractivity contribution in [3.05, 3.63) is 23.8 Å². The third-order valence-electron chi connectivity index (χ3n) is 3.56. The van der Waals surface area contributed by atoms with Gasteiger partial charge in [0.05, 0.1) is 6.04 Å². The molecule has 2 heterocycles. The minimum atomic E-state index is -3.68. The monoisotopic (exact) mass is 288 g/mol. The lowest BCUT2D eigenvalue weighted by molar-refractivity contribution is -0.287. The largest absolute Gasteiger partial charge is 0.586 e. The number of benzene rings is 1.